The average molecular weight is 373 g/mol. The van der Waals surface area contributed by atoms with E-state index in [0.717, 1.165) is 6.07 Å². The number of nitrogens with zero attached hydrogens (tertiary/aromatic N) is 4. The van der Waals surface area contributed by atoms with E-state index in [1.807, 2.05) is 0 Å². The van der Waals surface area contributed by atoms with Crippen LogP contribution < -0.4 is 5.32 Å². The number of amides is 1. The van der Waals surface area contributed by atoms with Crippen LogP contribution >= 0.6 is 11.8 Å². The highest BCUT2D eigenvalue weighted by atomic mass is 32.2. The molecule has 1 aromatic heterocycles. The quantitative estimate of drug-likeness (QED) is 0.418. The van der Waals surface area contributed by atoms with Crippen molar-refractivity contribution in [1.82, 2.24) is 14.8 Å². The van der Waals surface area contributed by atoms with Gasteiger partial charge in [-0.05, 0) is 36.6 Å². The Labute approximate surface area is 151 Å². The number of aromatic nitrogens is 3. The molecule has 0 spiro atoms. The van der Waals surface area contributed by atoms with Crippen molar-refractivity contribution in [2.45, 2.75) is 4.90 Å². The predicted molar refractivity (Wildman–Crippen MR) is 94.1 cm³/mol. The lowest BCUT2D eigenvalue weighted by Gasteiger charge is -2.09. The van der Waals surface area contributed by atoms with Crippen LogP contribution in [-0.2, 0) is 0 Å². The zero-order chi connectivity index (χ0) is 18.7. The number of hydrogen-bond acceptors (Lipinski definition) is 6. The molecule has 0 radical (unpaired) electrons. The summed E-state index contributed by atoms with van der Waals surface area (Å²) in [5, 5.41) is 17.5. The first kappa shape index (κ1) is 17.5. The summed E-state index contributed by atoms with van der Waals surface area (Å²) in [5.41, 5.74) is -0.0845. The number of halogens is 1. The molecular formula is C16H12FN5O3S. The summed E-state index contributed by atoms with van der Waals surface area (Å²) in [4.78, 5) is 27.4. The van der Waals surface area contributed by atoms with Gasteiger partial charge in [0.15, 0.2) is 5.82 Å². The van der Waals surface area contributed by atoms with Gasteiger partial charge < -0.3 is 5.32 Å². The third kappa shape index (κ3) is 3.54. The van der Waals surface area contributed by atoms with Gasteiger partial charge in [-0.3, -0.25) is 14.9 Å². The standard InChI is InChI=1S/C16H12FN5O3S/c1-26-11-3-5-14(22(24)25)12(7-11)16(23)20-10-2-4-15(13(17)6-10)21-9-18-8-19-21/h2-9H,1H3,(H,20,23). The first-order valence-electron chi connectivity index (χ1n) is 7.28. The Morgan fingerprint density at radius 1 is 1.31 bits per heavy atom. The molecule has 0 saturated carbocycles. The van der Waals surface area contributed by atoms with Crippen molar-refractivity contribution in [2.75, 3.05) is 11.6 Å². The Hall–Kier alpha value is -3.27. The lowest BCUT2D eigenvalue weighted by atomic mass is 10.1. The first-order valence-corrected chi connectivity index (χ1v) is 8.50. The third-order valence-electron chi connectivity index (χ3n) is 3.52. The van der Waals surface area contributed by atoms with Gasteiger partial charge in [0.2, 0.25) is 0 Å². The molecule has 0 unspecified atom stereocenters. The van der Waals surface area contributed by atoms with E-state index in [1.165, 1.54) is 53.4 Å². The summed E-state index contributed by atoms with van der Waals surface area (Å²) in [5.74, 6) is -1.32. The summed E-state index contributed by atoms with van der Waals surface area (Å²) in [7, 11) is 0. The summed E-state index contributed by atoms with van der Waals surface area (Å²) in [6.07, 6.45) is 4.40. The molecule has 0 aliphatic rings. The Balaban J connectivity index is 1.89. The normalized spacial score (nSPS) is 10.5. The molecule has 0 atom stereocenters. The maximum atomic E-state index is 14.2. The monoisotopic (exact) mass is 373 g/mol. The molecule has 1 heterocycles. The predicted octanol–water partition coefficient (Wildman–Crippen LogP) is 3.29. The van der Waals surface area contributed by atoms with E-state index in [9.17, 15) is 19.3 Å². The van der Waals surface area contributed by atoms with Crippen molar-refractivity contribution in [3.05, 3.63) is 70.5 Å². The number of rotatable bonds is 5. The van der Waals surface area contributed by atoms with Crippen LogP contribution in [0.5, 0.6) is 0 Å². The number of carbonyl (C=O) groups excluding carboxylic acids is 1. The van der Waals surface area contributed by atoms with Crippen LogP contribution in [0.25, 0.3) is 5.69 Å². The number of nitrogens with one attached hydrogen (secondary N) is 1. The molecular weight excluding hydrogens is 361 g/mol. The number of carbonyl (C=O) groups is 1. The second-order valence-electron chi connectivity index (χ2n) is 5.10. The lowest BCUT2D eigenvalue weighted by molar-refractivity contribution is -0.385. The second-order valence-corrected chi connectivity index (χ2v) is 5.98. The molecule has 3 aromatic rings. The molecule has 0 bridgehead atoms. The van der Waals surface area contributed by atoms with Gasteiger partial charge in [-0.2, -0.15) is 5.10 Å². The fourth-order valence-corrected chi connectivity index (χ4v) is 2.72. The molecule has 8 nitrogen and oxygen atoms in total. The van der Waals surface area contributed by atoms with Gasteiger partial charge in [-0.15, -0.1) is 11.8 Å². The lowest BCUT2D eigenvalue weighted by Crippen LogP contribution is -2.14. The van der Waals surface area contributed by atoms with E-state index in [1.54, 1.807) is 12.3 Å². The van der Waals surface area contributed by atoms with Crippen molar-refractivity contribution >= 4 is 29.0 Å². The number of hydrogen-bond donors (Lipinski definition) is 1. The number of nitro groups is 1. The molecule has 26 heavy (non-hydrogen) atoms. The second kappa shape index (κ2) is 7.31. The Bertz CT molecular complexity index is 978. The highest BCUT2D eigenvalue weighted by Crippen LogP contribution is 2.26. The summed E-state index contributed by atoms with van der Waals surface area (Å²) >= 11 is 1.35. The Morgan fingerprint density at radius 3 is 2.73 bits per heavy atom. The Kier molecular flexibility index (Phi) is 4.94. The highest BCUT2D eigenvalue weighted by Gasteiger charge is 2.21. The molecule has 0 aliphatic heterocycles. The fourth-order valence-electron chi connectivity index (χ4n) is 2.28. The zero-order valence-corrected chi connectivity index (χ0v) is 14.2. The maximum absolute atomic E-state index is 14.2. The topological polar surface area (TPSA) is 103 Å². The van der Waals surface area contributed by atoms with E-state index in [4.69, 9.17) is 0 Å². The van der Waals surface area contributed by atoms with Crippen LogP contribution in [0, 0.1) is 15.9 Å². The van der Waals surface area contributed by atoms with Crippen LogP contribution in [0.15, 0.2) is 53.9 Å². The maximum Gasteiger partial charge on any atom is 0.282 e. The first-order chi connectivity index (χ1) is 12.5. The molecule has 1 N–H and O–H groups in total. The van der Waals surface area contributed by atoms with Crippen molar-refractivity contribution in [2.24, 2.45) is 0 Å². The minimum atomic E-state index is -0.694. The van der Waals surface area contributed by atoms with Gasteiger partial charge in [0, 0.05) is 16.6 Å². The molecule has 2 aromatic carbocycles. The SMILES string of the molecule is CSc1ccc([N+](=O)[O-])c(C(=O)Nc2ccc(-n3cncn3)c(F)c2)c1. The van der Waals surface area contributed by atoms with Crippen molar-refractivity contribution in [3.8, 4) is 5.69 Å². The number of anilines is 1. The van der Waals surface area contributed by atoms with E-state index < -0.39 is 16.6 Å². The van der Waals surface area contributed by atoms with Gasteiger partial charge in [-0.25, -0.2) is 14.1 Å². The molecule has 0 aliphatic carbocycles. The molecule has 0 fully saturated rings. The van der Waals surface area contributed by atoms with Crippen molar-refractivity contribution in [1.29, 1.82) is 0 Å². The molecule has 10 heteroatoms. The Morgan fingerprint density at radius 2 is 2.12 bits per heavy atom. The third-order valence-corrected chi connectivity index (χ3v) is 4.24. The number of nitro benzene ring substituents is 1. The van der Waals surface area contributed by atoms with Crippen LogP contribution in [-0.4, -0.2) is 31.9 Å². The zero-order valence-electron chi connectivity index (χ0n) is 13.4. The van der Waals surface area contributed by atoms with E-state index >= 15 is 0 Å². The van der Waals surface area contributed by atoms with Crippen molar-refractivity contribution < 1.29 is 14.1 Å². The summed E-state index contributed by atoms with van der Waals surface area (Å²) in [6, 6.07) is 8.27. The van der Waals surface area contributed by atoms with Gasteiger partial charge in [0.25, 0.3) is 11.6 Å². The van der Waals surface area contributed by atoms with Crippen molar-refractivity contribution in [3.63, 3.8) is 0 Å². The highest BCUT2D eigenvalue weighted by molar-refractivity contribution is 7.98. The van der Waals surface area contributed by atoms with Gasteiger partial charge >= 0.3 is 0 Å². The minimum Gasteiger partial charge on any atom is -0.322 e. The number of benzene rings is 2. The smallest absolute Gasteiger partial charge is 0.282 e. The van der Waals surface area contributed by atoms with Crippen LogP contribution in [0.4, 0.5) is 15.8 Å². The molecule has 1 amide bonds. The molecule has 3 rings (SSSR count). The average Bonchev–Trinajstić information content (AvgIpc) is 3.15. The largest absolute Gasteiger partial charge is 0.322 e. The van der Waals surface area contributed by atoms with Crippen LogP contribution in [0.1, 0.15) is 10.4 Å². The van der Waals surface area contributed by atoms with E-state index in [-0.39, 0.29) is 22.6 Å². The van der Waals surface area contributed by atoms with Crippen LogP contribution in [0.2, 0.25) is 0 Å². The number of thioether (sulfide) groups is 1. The summed E-state index contributed by atoms with van der Waals surface area (Å²) in [6.45, 7) is 0. The summed E-state index contributed by atoms with van der Waals surface area (Å²) < 4.78 is 15.5. The van der Waals surface area contributed by atoms with Gasteiger partial charge in [0.05, 0.1) is 4.92 Å². The fraction of sp³-hybridized carbons (Fsp3) is 0.0625. The van der Waals surface area contributed by atoms with Gasteiger partial charge in [-0.1, -0.05) is 0 Å². The van der Waals surface area contributed by atoms with E-state index in [0.29, 0.717) is 4.90 Å². The molecule has 0 saturated heterocycles. The van der Waals surface area contributed by atoms with E-state index in [2.05, 4.69) is 15.4 Å². The molecule has 132 valence electrons. The van der Waals surface area contributed by atoms with Crippen LogP contribution in [0.3, 0.4) is 0 Å². The van der Waals surface area contributed by atoms with Gasteiger partial charge in [0.1, 0.15) is 23.9 Å². The minimum absolute atomic E-state index is 0.0948.